The normalized spacial score (nSPS) is 9.31. The van der Waals surface area contributed by atoms with Crippen LogP contribution in [0, 0.1) is 20.7 Å². The highest BCUT2D eigenvalue weighted by Gasteiger charge is 2.17. The number of nitrogens with zero attached hydrogens (tertiary/aromatic N) is 1. The summed E-state index contributed by atoms with van der Waals surface area (Å²) in [5, 5.41) is 17.2. The Morgan fingerprint density at radius 1 is 1.62 bits per heavy atom. The van der Waals surface area contributed by atoms with Crippen molar-refractivity contribution in [1.82, 2.24) is 0 Å². The maximum absolute atomic E-state index is 12.9. The molecule has 0 heterocycles. The second-order valence-corrected chi connectivity index (χ2v) is 3.36. The molecular formula is C8H3FINO2. The molecule has 0 amide bonds. The van der Waals surface area contributed by atoms with E-state index in [0.29, 0.717) is 3.57 Å². The quantitative estimate of drug-likeness (QED) is 0.805. The number of carboxylic acid groups (broad SMARTS) is 1. The first-order chi connectivity index (χ1) is 6.07. The largest absolute Gasteiger partial charge is 0.478 e. The fourth-order valence-corrected chi connectivity index (χ4v) is 1.44. The zero-order valence-corrected chi connectivity index (χ0v) is 8.37. The number of rotatable bonds is 1. The molecule has 13 heavy (non-hydrogen) atoms. The minimum absolute atomic E-state index is 0.131. The van der Waals surface area contributed by atoms with E-state index in [2.05, 4.69) is 0 Å². The van der Waals surface area contributed by atoms with Crippen LogP contribution in [0.15, 0.2) is 12.1 Å². The van der Waals surface area contributed by atoms with Gasteiger partial charge in [-0.3, -0.25) is 0 Å². The summed E-state index contributed by atoms with van der Waals surface area (Å²) in [6.45, 7) is 0. The Balaban J connectivity index is 3.55. The second-order valence-electron chi connectivity index (χ2n) is 2.20. The number of hydrogen-bond acceptors (Lipinski definition) is 2. The third kappa shape index (κ3) is 1.78. The molecule has 1 rings (SSSR count). The molecule has 0 aromatic heterocycles. The molecule has 0 bridgehead atoms. The summed E-state index contributed by atoms with van der Waals surface area (Å²) in [5.41, 5.74) is -0.692. The monoisotopic (exact) mass is 291 g/mol. The lowest BCUT2D eigenvalue weighted by molar-refractivity contribution is 0.0691. The first kappa shape index (κ1) is 9.92. The van der Waals surface area contributed by atoms with Gasteiger partial charge in [0.2, 0.25) is 0 Å². The van der Waals surface area contributed by atoms with Crippen molar-refractivity contribution in [2.45, 2.75) is 0 Å². The van der Waals surface area contributed by atoms with E-state index in [1.54, 1.807) is 28.7 Å². The van der Waals surface area contributed by atoms with Crippen LogP contribution in [0.3, 0.4) is 0 Å². The Morgan fingerprint density at radius 3 is 2.62 bits per heavy atom. The van der Waals surface area contributed by atoms with E-state index in [1.165, 1.54) is 6.07 Å². The first-order valence-electron chi connectivity index (χ1n) is 3.19. The van der Waals surface area contributed by atoms with Crippen molar-refractivity contribution >= 4 is 28.6 Å². The highest BCUT2D eigenvalue weighted by atomic mass is 127. The lowest BCUT2D eigenvalue weighted by atomic mass is 10.1. The van der Waals surface area contributed by atoms with E-state index < -0.39 is 17.3 Å². The molecule has 1 aromatic rings. The molecule has 0 atom stereocenters. The van der Waals surface area contributed by atoms with Gasteiger partial charge in [0.15, 0.2) is 0 Å². The van der Waals surface area contributed by atoms with Crippen molar-refractivity contribution in [2.75, 3.05) is 0 Å². The van der Waals surface area contributed by atoms with Gasteiger partial charge in [-0.2, -0.15) is 5.26 Å². The van der Waals surface area contributed by atoms with E-state index in [-0.39, 0.29) is 5.56 Å². The van der Waals surface area contributed by atoms with Gasteiger partial charge >= 0.3 is 5.97 Å². The second kappa shape index (κ2) is 3.70. The van der Waals surface area contributed by atoms with Crippen LogP contribution in [0.5, 0.6) is 0 Å². The van der Waals surface area contributed by atoms with Gasteiger partial charge in [-0.1, -0.05) is 0 Å². The van der Waals surface area contributed by atoms with Crippen molar-refractivity contribution in [3.05, 3.63) is 32.6 Å². The van der Waals surface area contributed by atoms with E-state index in [1.807, 2.05) is 0 Å². The summed E-state index contributed by atoms with van der Waals surface area (Å²) in [6, 6.07) is 4.05. The van der Waals surface area contributed by atoms with Crippen molar-refractivity contribution in [2.24, 2.45) is 0 Å². The van der Waals surface area contributed by atoms with Crippen molar-refractivity contribution in [1.29, 1.82) is 5.26 Å². The van der Waals surface area contributed by atoms with Gasteiger partial charge in [0.05, 0.1) is 5.56 Å². The number of carbonyl (C=O) groups is 1. The molecule has 1 N–H and O–H groups in total. The molecule has 0 aliphatic carbocycles. The Bertz CT molecular complexity index is 411. The van der Waals surface area contributed by atoms with E-state index in [0.717, 1.165) is 6.07 Å². The van der Waals surface area contributed by atoms with Crippen LogP contribution in [0.4, 0.5) is 4.39 Å². The molecule has 0 aliphatic heterocycles. The van der Waals surface area contributed by atoms with Gasteiger partial charge in [-0.15, -0.1) is 0 Å². The molecule has 0 saturated carbocycles. The lowest BCUT2D eigenvalue weighted by Crippen LogP contribution is -2.05. The Labute approximate surface area is 86.9 Å². The standard InChI is InChI=1S/C8H3FINO2/c9-5-1-2-6(10)4(3-11)7(5)8(12)13/h1-2H,(H,12,13). The van der Waals surface area contributed by atoms with Crippen molar-refractivity contribution in [3.8, 4) is 6.07 Å². The van der Waals surface area contributed by atoms with Crippen LogP contribution < -0.4 is 0 Å². The molecule has 1 aromatic carbocycles. The van der Waals surface area contributed by atoms with E-state index >= 15 is 0 Å². The maximum Gasteiger partial charge on any atom is 0.340 e. The average molecular weight is 291 g/mol. The number of nitriles is 1. The molecule has 0 spiro atoms. The summed E-state index contributed by atoms with van der Waals surface area (Å²) in [4.78, 5) is 10.6. The molecule has 66 valence electrons. The predicted molar refractivity (Wildman–Crippen MR) is 50.8 cm³/mol. The zero-order valence-electron chi connectivity index (χ0n) is 6.21. The minimum atomic E-state index is -1.42. The number of benzene rings is 1. The Morgan fingerprint density at radius 2 is 2.23 bits per heavy atom. The third-order valence-electron chi connectivity index (χ3n) is 1.43. The van der Waals surface area contributed by atoms with Crippen LogP contribution >= 0.6 is 22.6 Å². The van der Waals surface area contributed by atoms with Crippen LogP contribution in [0.2, 0.25) is 0 Å². The molecular weight excluding hydrogens is 288 g/mol. The average Bonchev–Trinajstić information content (AvgIpc) is 2.07. The minimum Gasteiger partial charge on any atom is -0.478 e. The topological polar surface area (TPSA) is 61.1 Å². The predicted octanol–water partition coefficient (Wildman–Crippen LogP) is 2.00. The van der Waals surface area contributed by atoms with E-state index in [4.69, 9.17) is 10.4 Å². The highest BCUT2D eigenvalue weighted by Crippen LogP contribution is 2.19. The molecule has 5 heteroatoms. The number of halogens is 2. The molecule has 0 unspecified atom stereocenters. The SMILES string of the molecule is N#Cc1c(I)ccc(F)c1C(=O)O. The Kier molecular flexibility index (Phi) is 2.83. The highest BCUT2D eigenvalue weighted by molar-refractivity contribution is 14.1. The van der Waals surface area contributed by atoms with Crippen LogP contribution in [0.25, 0.3) is 0 Å². The molecule has 0 saturated heterocycles. The Hall–Kier alpha value is -1.16. The van der Waals surface area contributed by atoms with Gasteiger partial charge in [0, 0.05) is 3.57 Å². The van der Waals surface area contributed by atoms with Gasteiger partial charge in [-0.25, -0.2) is 9.18 Å². The molecule has 0 fully saturated rings. The first-order valence-corrected chi connectivity index (χ1v) is 4.27. The summed E-state index contributed by atoms with van der Waals surface area (Å²) in [7, 11) is 0. The maximum atomic E-state index is 12.9. The summed E-state index contributed by atoms with van der Waals surface area (Å²) in [5.74, 6) is -2.31. The van der Waals surface area contributed by atoms with Gasteiger partial charge < -0.3 is 5.11 Å². The van der Waals surface area contributed by atoms with Crippen molar-refractivity contribution < 1.29 is 14.3 Å². The summed E-state index contributed by atoms with van der Waals surface area (Å²) in [6.07, 6.45) is 0. The number of carboxylic acids is 1. The lowest BCUT2D eigenvalue weighted by Gasteiger charge is -2.01. The fourth-order valence-electron chi connectivity index (χ4n) is 0.870. The van der Waals surface area contributed by atoms with Crippen molar-refractivity contribution in [3.63, 3.8) is 0 Å². The fraction of sp³-hybridized carbons (Fsp3) is 0. The molecule has 0 radical (unpaired) electrons. The van der Waals surface area contributed by atoms with Gasteiger partial charge in [0.1, 0.15) is 17.4 Å². The van der Waals surface area contributed by atoms with Crippen LogP contribution in [0.1, 0.15) is 15.9 Å². The smallest absolute Gasteiger partial charge is 0.340 e. The summed E-state index contributed by atoms with van der Waals surface area (Å²) < 4.78 is 13.4. The van der Waals surface area contributed by atoms with Gasteiger partial charge in [-0.05, 0) is 34.7 Å². The number of aromatic carboxylic acids is 1. The number of hydrogen-bond donors (Lipinski definition) is 1. The van der Waals surface area contributed by atoms with Crippen LogP contribution in [-0.2, 0) is 0 Å². The summed E-state index contributed by atoms with van der Waals surface area (Å²) >= 11 is 1.78. The molecule has 3 nitrogen and oxygen atoms in total. The molecule has 0 aliphatic rings. The van der Waals surface area contributed by atoms with Crippen LogP contribution in [-0.4, -0.2) is 11.1 Å². The van der Waals surface area contributed by atoms with Gasteiger partial charge in [0.25, 0.3) is 0 Å². The van der Waals surface area contributed by atoms with E-state index in [9.17, 15) is 9.18 Å². The third-order valence-corrected chi connectivity index (χ3v) is 2.33. The zero-order chi connectivity index (χ0) is 10.0.